The molecule has 2 aromatic carbocycles. The Morgan fingerprint density at radius 1 is 0.927 bits per heavy atom. The third kappa shape index (κ3) is 4.62. The lowest BCUT2D eigenvalue weighted by Gasteiger charge is -2.33. The minimum absolute atomic E-state index is 0.177. The van der Waals surface area contributed by atoms with Crippen molar-refractivity contribution in [2.24, 2.45) is 7.05 Å². The number of amides is 2. The number of nitrogens with one attached hydrogen (secondary N) is 1. The van der Waals surface area contributed by atoms with Gasteiger partial charge in [-0.15, -0.1) is 0 Å². The van der Waals surface area contributed by atoms with Crippen LogP contribution in [0.2, 0.25) is 0 Å². The van der Waals surface area contributed by atoms with Gasteiger partial charge in [-0.25, -0.2) is 9.59 Å². The molecule has 3 heterocycles. The van der Waals surface area contributed by atoms with Gasteiger partial charge in [0.2, 0.25) is 5.91 Å². The number of methoxy groups -OCH3 is 1. The Hall–Kier alpha value is -4.61. The molecule has 216 valence electrons. The van der Waals surface area contributed by atoms with E-state index >= 15 is 0 Å². The lowest BCUT2D eigenvalue weighted by Crippen LogP contribution is -2.46. The summed E-state index contributed by atoms with van der Waals surface area (Å²) in [6.45, 7) is 6.60. The predicted octanol–water partition coefficient (Wildman–Crippen LogP) is 2.30. The molecule has 0 aliphatic carbocycles. The van der Waals surface area contributed by atoms with Crippen LogP contribution in [0.3, 0.4) is 0 Å². The van der Waals surface area contributed by atoms with Crippen molar-refractivity contribution >= 4 is 39.4 Å². The standard InChI is InChI=1S/C29H34N6O6/c1-6-33-24-15-20(22(30-17(3)36)16-25(24)34(7-2)29(33)40)26(37)32-12-10-18(11-13-32)35-27(38)21-14-19(41-5)8-9-23(21)31(4)28(35)39/h8-9,14-16,18H,6-7,10-13H2,1-5H3,(H,30,36). The maximum atomic E-state index is 13.8. The molecule has 0 saturated carbocycles. The third-order valence-corrected chi connectivity index (χ3v) is 7.96. The van der Waals surface area contributed by atoms with E-state index in [9.17, 15) is 24.0 Å². The number of carbonyl (C=O) groups is 2. The Kier molecular flexibility index (Phi) is 7.33. The topological polar surface area (TPSA) is 130 Å². The van der Waals surface area contributed by atoms with Crippen LogP contribution in [0.15, 0.2) is 44.7 Å². The smallest absolute Gasteiger partial charge is 0.331 e. The molecule has 2 amide bonds. The van der Waals surface area contributed by atoms with Crippen LogP contribution in [0.1, 0.15) is 50.0 Å². The number of benzene rings is 2. The maximum Gasteiger partial charge on any atom is 0.331 e. The van der Waals surface area contributed by atoms with Gasteiger partial charge in [-0.2, -0.15) is 0 Å². The summed E-state index contributed by atoms with van der Waals surface area (Å²) in [6.07, 6.45) is 0.805. The van der Waals surface area contributed by atoms with Gasteiger partial charge in [0.25, 0.3) is 11.5 Å². The van der Waals surface area contributed by atoms with Gasteiger partial charge in [-0.3, -0.25) is 32.7 Å². The monoisotopic (exact) mass is 562 g/mol. The van der Waals surface area contributed by atoms with Crippen LogP contribution >= 0.6 is 0 Å². The molecular formula is C29H34N6O6. The number of likely N-dealkylation sites (tertiary alicyclic amines) is 1. The first kappa shape index (κ1) is 27.9. The van der Waals surface area contributed by atoms with Crippen molar-refractivity contribution in [3.8, 4) is 5.75 Å². The highest BCUT2D eigenvalue weighted by atomic mass is 16.5. The van der Waals surface area contributed by atoms with Crippen LogP contribution in [0, 0.1) is 0 Å². The minimum atomic E-state index is -0.409. The summed E-state index contributed by atoms with van der Waals surface area (Å²) in [7, 11) is 3.15. The number of hydrogen-bond acceptors (Lipinski definition) is 6. The SMILES string of the molecule is CCn1c(=O)n(CC)c2cc(C(=O)N3CCC(n4c(=O)c5cc(OC)ccc5n(C)c4=O)CC3)c(NC(C)=O)cc21. The summed E-state index contributed by atoms with van der Waals surface area (Å²) in [5, 5.41) is 3.14. The van der Waals surface area contributed by atoms with E-state index in [0.29, 0.717) is 72.4 Å². The van der Waals surface area contributed by atoms with Crippen molar-refractivity contribution in [1.82, 2.24) is 23.2 Å². The summed E-state index contributed by atoms with van der Waals surface area (Å²) in [4.78, 5) is 67.1. The van der Waals surface area contributed by atoms with Gasteiger partial charge in [0, 0.05) is 46.2 Å². The molecule has 41 heavy (non-hydrogen) atoms. The molecule has 12 heteroatoms. The van der Waals surface area contributed by atoms with E-state index in [-0.39, 0.29) is 34.7 Å². The molecule has 5 rings (SSSR count). The van der Waals surface area contributed by atoms with Gasteiger partial charge in [0.1, 0.15) is 5.75 Å². The predicted molar refractivity (Wildman–Crippen MR) is 156 cm³/mol. The van der Waals surface area contributed by atoms with E-state index in [2.05, 4.69) is 5.32 Å². The molecule has 1 aliphatic heterocycles. The number of imidazole rings is 1. The van der Waals surface area contributed by atoms with Crippen molar-refractivity contribution in [3.05, 3.63) is 67.2 Å². The first-order chi connectivity index (χ1) is 19.6. The maximum absolute atomic E-state index is 13.8. The van der Waals surface area contributed by atoms with Gasteiger partial charge in [0.15, 0.2) is 0 Å². The first-order valence-corrected chi connectivity index (χ1v) is 13.7. The van der Waals surface area contributed by atoms with E-state index in [0.717, 1.165) is 0 Å². The van der Waals surface area contributed by atoms with Crippen LogP contribution in [0.5, 0.6) is 5.75 Å². The molecule has 1 fully saturated rings. The van der Waals surface area contributed by atoms with Gasteiger partial charge in [-0.1, -0.05) is 0 Å². The normalized spacial score (nSPS) is 14.1. The zero-order valence-corrected chi connectivity index (χ0v) is 23.9. The number of anilines is 1. The molecule has 0 radical (unpaired) electrons. The largest absolute Gasteiger partial charge is 0.497 e. The Bertz CT molecular complexity index is 1870. The molecule has 0 spiro atoms. The zero-order valence-electron chi connectivity index (χ0n) is 23.9. The number of piperidine rings is 1. The van der Waals surface area contributed by atoms with E-state index in [1.54, 1.807) is 51.4 Å². The molecule has 0 unspecified atom stereocenters. The second-order valence-corrected chi connectivity index (χ2v) is 10.3. The van der Waals surface area contributed by atoms with Crippen LogP contribution in [-0.2, 0) is 24.9 Å². The van der Waals surface area contributed by atoms with Crippen molar-refractivity contribution in [1.29, 1.82) is 0 Å². The molecule has 2 aromatic heterocycles. The second kappa shape index (κ2) is 10.8. The van der Waals surface area contributed by atoms with Crippen LogP contribution < -0.4 is 27.0 Å². The number of hydrogen-bond donors (Lipinski definition) is 1. The van der Waals surface area contributed by atoms with Crippen LogP contribution in [0.25, 0.3) is 21.9 Å². The zero-order chi connectivity index (χ0) is 29.6. The Balaban J connectivity index is 1.49. The first-order valence-electron chi connectivity index (χ1n) is 13.7. The van der Waals surface area contributed by atoms with Crippen molar-refractivity contribution < 1.29 is 14.3 Å². The quantitative estimate of drug-likeness (QED) is 0.384. The number of rotatable bonds is 6. The molecular weight excluding hydrogens is 528 g/mol. The minimum Gasteiger partial charge on any atom is -0.497 e. The number of aromatic nitrogens is 4. The molecule has 1 N–H and O–H groups in total. The van der Waals surface area contributed by atoms with Crippen LogP contribution in [-0.4, -0.2) is 55.2 Å². The number of carbonyl (C=O) groups excluding carboxylic acids is 2. The number of ether oxygens (including phenoxy) is 1. The Labute approximate surface area is 235 Å². The Morgan fingerprint density at radius 2 is 1.56 bits per heavy atom. The van der Waals surface area contributed by atoms with Gasteiger partial charge < -0.3 is 15.0 Å². The fourth-order valence-corrected chi connectivity index (χ4v) is 5.85. The average molecular weight is 563 g/mol. The molecule has 0 atom stereocenters. The summed E-state index contributed by atoms with van der Waals surface area (Å²) in [5.74, 6) is -0.104. The van der Waals surface area contributed by atoms with Gasteiger partial charge in [0.05, 0.1) is 40.3 Å². The van der Waals surface area contributed by atoms with Gasteiger partial charge >= 0.3 is 11.4 Å². The summed E-state index contributed by atoms with van der Waals surface area (Å²) in [5.41, 5.74) is 1.43. The van der Waals surface area contributed by atoms with Gasteiger partial charge in [-0.05, 0) is 57.0 Å². The molecule has 1 aliphatic rings. The summed E-state index contributed by atoms with van der Waals surface area (Å²) < 4.78 is 11.2. The number of fused-ring (bicyclic) bond motifs is 2. The van der Waals surface area contributed by atoms with Crippen molar-refractivity contribution in [3.63, 3.8) is 0 Å². The lowest BCUT2D eigenvalue weighted by atomic mass is 10.0. The highest BCUT2D eigenvalue weighted by Crippen LogP contribution is 2.28. The van der Waals surface area contributed by atoms with Crippen molar-refractivity contribution in [2.75, 3.05) is 25.5 Å². The van der Waals surface area contributed by atoms with Crippen LogP contribution in [0.4, 0.5) is 5.69 Å². The summed E-state index contributed by atoms with van der Waals surface area (Å²) in [6, 6.07) is 8.00. The van der Waals surface area contributed by atoms with E-state index in [1.165, 1.54) is 23.2 Å². The van der Waals surface area contributed by atoms with E-state index in [1.807, 2.05) is 13.8 Å². The average Bonchev–Trinajstić information content (AvgIpc) is 3.23. The molecule has 4 aromatic rings. The van der Waals surface area contributed by atoms with Crippen molar-refractivity contribution in [2.45, 2.75) is 52.7 Å². The summed E-state index contributed by atoms with van der Waals surface area (Å²) >= 11 is 0. The molecule has 0 bridgehead atoms. The molecule has 12 nitrogen and oxygen atoms in total. The fraction of sp³-hybridized carbons (Fsp3) is 0.414. The van der Waals surface area contributed by atoms with E-state index < -0.39 is 5.69 Å². The highest BCUT2D eigenvalue weighted by Gasteiger charge is 2.29. The molecule has 1 saturated heterocycles. The highest BCUT2D eigenvalue weighted by molar-refractivity contribution is 6.06. The second-order valence-electron chi connectivity index (χ2n) is 10.3. The number of aryl methyl sites for hydroxylation is 3. The Morgan fingerprint density at radius 3 is 2.15 bits per heavy atom. The number of nitrogens with zero attached hydrogens (tertiary/aromatic N) is 5. The fourth-order valence-electron chi connectivity index (χ4n) is 5.85. The third-order valence-electron chi connectivity index (χ3n) is 7.96. The lowest BCUT2D eigenvalue weighted by molar-refractivity contribution is -0.114. The van der Waals surface area contributed by atoms with E-state index in [4.69, 9.17) is 4.74 Å².